The summed E-state index contributed by atoms with van der Waals surface area (Å²) in [6.45, 7) is 0.413. The maximum atomic E-state index is 12.9. The standard InChI is InChI=1S/C20H23N5O5S2/c1-24-11-14(10-16(24)18(21)26)32(28,29)25-7-5-12(6-8-25)19(27)23-20-22-15-4-3-13(30-2)9-17(15)31-20/h3-4,9-12H,5-8H2,1-2H3,(H2,21,26)(H,22,23,27). The van der Waals surface area contributed by atoms with Gasteiger partial charge in [0.1, 0.15) is 16.3 Å². The molecule has 4 rings (SSSR count). The molecule has 3 heterocycles. The normalized spacial score (nSPS) is 15.7. The molecule has 0 atom stereocenters. The zero-order valence-corrected chi connectivity index (χ0v) is 19.2. The first kappa shape index (κ1) is 22.2. The van der Waals surface area contributed by atoms with Gasteiger partial charge in [-0.1, -0.05) is 11.3 Å². The summed E-state index contributed by atoms with van der Waals surface area (Å²) in [5.74, 6) is -0.477. The first-order chi connectivity index (χ1) is 15.2. The van der Waals surface area contributed by atoms with E-state index in [1.54, 1.807) is 14.2 Å². The third-order valence-electron chi connectivity index (χ3n) is 5.52. The summed E-state index contributed by atoms with van der Waals surface area (Å²) in [6.07, 6.45) is 2.15. The summed E-state index contributed by atoms with van der Waals surface area (Å²) in [5.41, 5.74) is 6.17. The van der Waals surface area contributed by atoms with Crippen LogP contribution in [-0.4, -0.2) is 54.3 Å². The second-order valence-corrected chi connectivity index (χ2v) is 10.5. The predicted molar refractivity (Wildman–Crippen MR) is 120 cm³/mol. The molecule has 10 nitrogen and oxygen atoms in total. The van der Waals surface area contributed by atoms with Crippen LogP contribution in [0.2, 0.25) is 0 Å². The SMILES string of the molecule is COc1ccc2nc(NC(=O)C3CCN(S(=O)(=O)c4cc(C(N)=O)n(C)c4)CC3)sc2c1. The van der Waals surface area contributed by atoms with Gasteiger partial charge in [-0.05, 0) is 37.1 Å². The lowest BCUT2D eigenvalue weighted by Crippen LogP contribution is -2.41. The maximum Gasteiger partial charge on any atom is 0.265 e. The molecular weight excluding hydrogens is 454 g/mol. The fraction of sp³-hybridized carbons (Fsp3) is 0.350. The number of amides is 2. The Hall–Kier alpha value is -2.96. The smallest absolute Gasteiger partial charge is 0.265 e. The lowest BCUT2D eigenvalue weighted by Gasteiger charge is -2.30. The summed E-state index contributed by atoms with van der Waals surface area (Å²) in [4.78, 5) is 28.6. The number of nitrogens with zero attached hydrogens (tertiary/aromatic N) is 3. The second-order valence-electron chi connectivity index (χ2n) is 7.56. The molecule has 0 saturated carbocycles. The Labute approximate surface area is 189 Å². The van der Waals surface area contributed by atoms with Gasteiger partial charge in [0.15, 0.2) is 5.13 Å². The number of sulfonamides is 1. The summed E-state index contributed by atoms with van der Waals surface area (Å²) in [7, 11) is -0.626. The van der Waals surface area contributed by atoms with Crippen molar-refractivity contribution in [3.8, 4) is 5.75 Å². The third kappa shape index (κ3) is 4.20. The number of fused-ring (bicyclic) bond motifs is 1. The van der Waals surface area contributed by atoms with Gasteiger partial charge in [-0.3, -0.25) is 9.59 Å². The fourth-order valence-corrected chi connectivity index (χ4v) is 6.16. The highest BCUT2D eigenvalue weighted by Crippen LogP contribution is 2.31. The average molecular weight is 478 g/mol. The van der Waals surface area contributed by atoms with Crippen molar-refractivity contribution in [2.45, 2.75) is 17.7 Å². The van der Waals surface area contributed by atoms with Crippen LogP contribution in [0.4, 0.5) is 5.13 Å². The van der Waals surface area contributed by atoms with E-state index in [0.717, 1.165) is 10.2 Å². The minimum Gasteiger partial charge on any atom is -0.497 e. The molecule has 1 aromatic carbocycles. The Balaban J connectivity index is 1.40. The number of hydrogen-bond donors (Lipinski definition) is 2. The van der Waals surface area contributed by atoms with E-state index < -0.39 is 15.9 Å². The number of primary amides is 1. The Morgan fingerprint density at radius 3 is 2.59 bits per heavy atom. The summed E-state index contributed by atoms with van der Waals surface area (Å²) in [6, 6.07) is 6.78. The number of ether oxygens (including phenoxy) is 1. The zero-order chi connectivity index (χ0) is 23.0. The monoisotopic (exact) mass is 477 g/mol. The van der Waals surface area contributed by atoms with E-state index in [9.17, 15) is 18.0 Å². The number of piperidine rings is 1. The number of hydrogen-bond acceptors (Lipinski definition) is 7. The first-order valence-electron chi connectivity index (χ1n) is 9.91. The highest BCUT2D eigenvalue weighted by molar-refractivity contribution is 7.89. The van der Waals surface area contributed by atoms with Crippen LogP contribution < -0.4 is 15.8 Å². The van der Waals surface area contributed by atoms with Crippen molar-refractivity contribution in [1.82, 2.24) is 13.9 Å². The van der Waals surface area contributed by atoms with Crippen molar-refractivity contribution in [1.29, 1.82) is 0 Å². The average Bonchev–Trinajstić information content (AvgIpc) is 3.36. The summed E-state index contributed by atoms with van der Waals surface area (Å²) >= 11 is 1.36. The number of aromatic nitrogens is 2. The van der Waals surface area contributed by atoms with E-state index in [2.05, 4.69) is 10.3 Å². The van der Waals surface area contributed by atoms with Gasteiger partial charge in [0.25, 0.3) is 5.91 Å². The van der Waals surface area contributed by atoms with Gasteiger partial charge in [-0.2, -0.15) is 4.31 Å². The second kappa shape index (κ2) is 8.52. The zero-order valence-electron chi connectivity index (χ0n) is 17.6. The van der Waals surface area contributed by atoms with Gasteiger partial charge in [0.05, 0.1) is 17.3 Å². The van der Waals surface area contributed by atoms with E-state index in [-0.39, 0.29) is 35.5 Å². The minimum atomic E-state index is -3.78. The molecule has 0 aliphatic carbocycles. The number of benzene rings is 1. The number of nitrogens with two attached hydrogens (primary N) is 1. The number of anilines is 1. The van der Waals surface area contributed by atoms with Crippen LogP contribution in [0.1, 0.15) is 23.3 Å². The Kier molecular flexibility index (Phi) is 5.93. The van der Waals surface area contributed by atoms with Gasteiger partial charge < -0.3 is 20.4 Å². The number of methoxy groups -OCH3 is 1. The van der Waals surface area contributed by atoms with Crippen molar-refractivity contribution in [3.05, 3.63) is 36.2 Å². The number of nitrogens with one attached hydrogen (secondary N) is 1. The molecule has 170 valence electrons. The van der Waals surface area contributed by atoms with Crippen molar-refractivity contribution in [2.24, 2.45) is 18.7 Å². The molecule has 3 N–H and O–H groups in total. The number of rotatable bonds is 6. The molecular formula is C20H23N5O5S2. The molecule has 12 heteroatoms. The molecule has 2 aromatic heterocycles. The van der Waals surface area contributed by atoms with E-state index in [1.807, 2.05) is 18.2 Å². The fourth-order valence-electron chi connectivity index (χ4n) is 3.72. The highest BCUT2D eigenvalue weighted by atomic mass is 32.2. The van der Waals surface area contributed by atoms with E-state index >= 15 is 0 Å². The van der Waals surface area contributed by atoms with Crippen molar-refractivity contribution in [2.75, 3.05) is 25.5 Å². The molecule has 32 heavy (non-hydrogen) atoms. The lowest BCUT2D eigenvalue weighted by atomic mass is 9.97. The predicted octanol–water partition coefficient (Wildman–Crippen LogP) is 1.78. The van der Waals surface area contributed by atoms with Crippen molar-refractivity contribution >= 4 is 48.5 Å². The molecule has 1 aliphatic heterocycles. The van der Waals surface area contributed by atoms with Crippen molar-refractivity contribution in [3.63, 3.8) is 0 Å². The van der Waals surface area contributed by atoms with Gasteiger partial charge in [-0.25, -0.2) is 13.4 Å². The Morgan fingerprint density at radius 2 is 1.97 bits per heavy atom. The van der Waals surface area contributed by atoms with Crippen molar-refractivity contribution < 1.29 is 22.7 Å². The highest BCUT2D eigenvalue weighted by Gasteiger charge is 2.33. The molecule has 1 saturated heterocycles. The molecule has 0 unspecified atom stereocenters. The summed E-state index contributed by atoms with van der Waals surface area (Å²) in [5, 5.41) is 3.35. The summed E-state index contributed by atoms with van der Waals surface area (Å²) < 4.78 is 34.7. The molecule has 1 aliphatic rings. The van der Waals surface area contributed by atoms with Gasteiger partial charge in [0.2, 0.25) is 15.9 Å². The number of carbonyl (C=O) groups excluding carboxylic acids is 2. The largest absolute Gasteiger partial charge is 0.497 e. The maximum absolute atomic E-state index is 12.9. The van der Waals surface area contributed by atoms with Crippen LogP contribution in [0.15, 0.2) is 35.4 Å². The molecule has 2 amide bonds. The molecule has 3 aromatic rings. The number of carbonyl (C=O) groups is 2. The number of aryl methyl sites for hydroxylation is 1. The van der Waals surface area contributed by atoms with Crippen LogP contribution in [0.5, 0.6) is 5.75 Å². The van der Waals surface area contributed by atoms with Gasteiger partial charge >= 0.3 is 0 Å². The third-order valence-corrected chi connectivity index (χ3v) is 8.32. The quantitative estimate of drug-likeness (QED) is 0.555. The van der Waals surface area contributed by atoms with Crippen LogP contribution in [0.25, 0.3) is 10.2 Å². The Morgan fingerprint density at radius 1 is 1.25 bits per heavy atom. The van der Waals surface area contributed by atoms with Crippen LogP contribution >= 0.6 is 11.3 Å². The van der Waals surface area contributed by atoms with Crippen LogP contribution in [0.3, 0.4) is 0 Å². The first-order valence-corrected chi connectivity index (χ1v) is 12.2. The Bertz CT molecular complexity index is 1290. The topological polar surface area (TPSA) is 137 Å². The van der Waals surface area contributed by atoms with Crippen LogP contribution in [0, 0.1) is 5.92 Å². The lowest BCUT2D eigenvalue weighted by molar-refractivity contribution is -0.120. The molecule has 0 spiro atoms. The minimum absolute atomic E-state index is 0.0154. The molecule has 1 fully saturated rings. The van der Waals surface area contributed by atoms with E-state index in [4.69, 9.17) is 10.5 Å². The van der Waals surface area contributed by atoms with Gasteiger partial charge in [0, 0.05) is 32.3 Å². The van der Waals surface area contributed by atoms with E-state index in [0.29, 0.717) is 23.7 Å². The van der Waals surface area contributed by atoms with Gasteiger partial charge in [-0.15, -0.1) is 0 Å². The molecule has 0 radical (unpaired) electrons. The number of thiazole rings is 1. The van der Waals surface area contributed by atoms with E-state index in [1.165, 1.54) is 32.5 Å². The molecule has 0 bridgehead atoms. The van der Waals surface area contributed by atoms with Crippen LogP contribution in [-0.2, 0) is 21.9 Å².